The number of halogens is 1. The largest absolute Gasteiger partial charge is 0.493 e. The van der Waals surface area contributed by atoms with Crippen LogP contribution in [-0.2, 0) is 0 Å². The lowest BCUT2D eigenvalue weighted by Crippen LogP contribution is -2.38. The number of likely N-dealkylation sites (tertiary alicyclic amines) is 1. The second-order valence-electron chi connectivity index (χ2n) is 5.48. The van der Waals surface area contributed by atoms with Crippen molar-refractivity contribution in [3.8, 4) is 5.75 Å². The van der Waals surface area contributed by atoms with Crippen molar-refractivity contribution < 1.29 is 14.2 Å². The molecular formula is C16H24FNO2. The molecule has 112 valence electrons. The first-order valence-corrected chi connectivity index (χ1v) is 7.44. The minimum Gasteiger partial charge on any atom is -0.493 e. The lowest BCUT2D eigenvalue weighted by molar-refractivity contribution is 0.0756. The SMILES string of the molecule is CCN1CCC(C(CO)COc2cccc(F)c2)CC1. The Kier molecular flexibility index (Phi) is 5.80. The minimum atomic E-state index is -0.292. The fourth-order valence-corrected chi connectivity index (χ4v) is 2.84. The molecule has 0 amide bonds. The van der Waals surface area contributed by atoms with Crippen LogP contribution in [0.25, 0.3) is 0 Å². The highest BCUT2D eigenvalue weighted by atomic mass is 19.1. The molecule has 1 aromatic rings. The molecule has 3 nitrogen and oxygen atoms in total. The zero-order valence-corrected chi connectivity index (χ0v) is 12.1. The molecule has 1 unspecified atom stereocenters. The maximum Gasteiger partial charge on any atom is 0.126 e. The van der Waals surface area contributed by atoms with Gasteiger partial charge in [-0.25, -0.2) is 4.39 Å². The van der Waals surface area contributed by atoms with Gasteiger partial charge >= 0.3 is 0 Å². The van der Waals surface area contributed by atoms with Gasteiger partial charge in [0.05, 0.1) is 6.61 Å². The van der Waals surface area contributed by atoms with Crippen LogP contribution in [0, 0.1) is 17.7 Å². The predicted molar refractivity (Wildman–Crippen MR) is 77.3 cm³/mol. The summed E-state index contributed by atoms with van der Waals surface area (Å²) in [5, 5.41) is 9.57. The molecular weight excluding hydrogens is 257 g/mol. The van der Waals surface area contributed by atoms with Crippen LogP contribution in [0.4, 0.5) is 4.39 Å². The smallest absolute Gasteiger partial charge is 0.126 e. The van der Waals surface area contributed by atoms with Crippen molar-refractivity contribution in [1.82, 2.24) is 4.90 Å². The number of rotatable bonds is 6. The Morgan fingerprint density at radius 3 is 2.75 bits per heavy atom. The van der Waals surface area contributed by atoms with Gasteiger partial charge in [0.25, 0.3) is 0 Å². The van der Waals surface area contributed by atoms with Gasteiger partial charge in [-0.15, -0.1) is 0 Å². The van der Waals surface area contributed by atoms with Crippen molar-refractivity contribution in [1.29, 1.82) is 0 Å². The van der Waals surface area contributed by atoms with Crippen molar-refractivity contribution in [2.24, 2.45) is 11.8 Å². The quantitative estimate of drug-likeness (QED) is 0.870. The molecule has 0 saturated carbocycles. The Labute approximate surface area is 120 Å². The van der Waals surface area contributed by atoms with E-state index in [-0.39, 0.29) is 18.3 Å². The Balaban J connectivity index is 1.83. The van der Waals surface area contributed by atoms with E-state index in [0.29, 0.717) is 18.3 Å². The van der Waals surface area contributed by atoms with Crippen molar-refractivity contribution >= 4 is 0 Å². The molecule has 4 heteroatoms. The van der Waals surface area contributed by atoms with Crippen LogP contribution in [0.2, 0.25) is 0 Å². The van der Waals surface area contributed by atoms with E-state index in [9.17, 15) is 9.50 Å². The predicted octanol–water partition coefficient (Wildman–Crippen LogP) is 2.54. The summed E-state index contributed by atoms with van der Waals surface area (Å²) in [4.78, 5) is 2.43. The van der Waals surface area contributed by atoms with Gasteiger partial charge in [-0.3, -0.25) is 0 Å². The molecule has 1 aromatic carbocycles. The van der Waals surface area contributed by atoms with Crippen LogP contribution in [0.15, 0.2) is 24.3 Å². The van der Waals surface area contributed by atoms with E-state index in [4.69, 9.17) is 4.74 Å². The Bertz CT molecular complexity index is 405. The molecule has 0 radical (unpaired) electrons. The molecule has 0 aromatic heterocycles. The number of benzene rings is 1. The first-order chi connectivity index (χ1) is 9.72. The Hall–Kier alpha value is -1.13. The number of piperidine rings is 1. The van der Waals surface area contributed by atoms with Gasteiger partial charge < -0.3 is 14.7 Å². The van der Waals surface area contributed by atoms with E-state index in [2.05, 4.69) is 11.8 Å². The summed E-state index contributed by atoms with van der Waals surface area (Å²) in [7, 11) is 0. The number of aliphatic hydroxyl groups excluding tert-OH is 1. The number of hydrogen-bond donors (Lipinski definition) is 1. The van der Waals surface area contributed by atoms with E-state index in [1.165, 1.54) is 12.1 Å². The summed E-state index contributed by atoms with van der Waals surface area (Å²) in [5.74, 6) is 0.877. The van der Waals surface area contributed by atoms with E-state index in [0.717, 1.165) is 32.5 Å². The van der Waals surface area contributed by atoms with Crippen LogP contribution in [-0.4, -0.2) is 42.9 Å². The zero-order chi connectivity index (χ0) is 14.4. The lowest BCUT2D eigenvalue weighted by Gasteiger charge is -2.34. The first kappa shape index (κ1) is 15.3. The van der Waals surface area contributed by atoms with Gasteiger partial charge in [0.15, 0.2) is 0 Å². The number of aliphatic hydroxyl groups is 1. The van der Waals surface area contributed by atoms with Gasteiger partial charge in [-0.05, 0) is 50.5 Å². The van der Waals surface area contributed by atoms with Crippen LogP contribution in [0.5, 0.6) is 5.75 Å². The third kappa shape index (κ3) is 4.18. The third-order valence-corrected chi connectivity index (χ3v) is 4.24. The van der Waals surface area contributed by atoms with E-state index < -0.39 is 0 Å². The summed E-state index contributed by atoms with van der Waals surface area (Å²) in [6.07, 6.45) is 2.21. The molecule has 1 aliphatic rings. The van der Waals surface area contributed by atoms with Gasteiger partial charge in [0, 0.05) is 18.6 Å². The van der Waals surface area contributed by atoms with E-state index in [1.54, 1.807) is 12.1 Å². The van der Waals surface area contributed by atoms with Gasteiger partial charge in [-0.1, -0.05) is 13.0 Å². The van der Waals surface area contributed by atoms with Crippen LogP contribution >= 0.6 is 0 Å². The minimum absolute atomic E-state index is 0.131. The van der Waals surface area contributed by atoms with Gasteiger partial charge in [0.1, 0.15) is 11.6 Å². The molecule has 1 N–H and O–H groups in total. The Morgan fingerprint density at radius 2 is 2.15 bits per heavy atom. The molecule has 0 aliphatic carbocycles. The monoisotopic (exact) mass is 281 g/mol. The topological polar surface area (TPSA) is 32.7 Å². The highest BCUT2D eigenvalue weighted by Gasteiger charge is 2.26. The van der Waals surface area contributed by atoms with Crippen LogP contribution in [0.1, 0.15) is 19.8 Å². The fourth-order valence-electron chi connectivity index (χ4n) is 2.84. The second kappa shape index (κ2) is 7.60. The second-order valence-corrected chi connectivity index (χ2v) is 5.48. The molecule has 2 rings (SSSR count). The maximum atomic E-state index is 13.1. The molecule has 0 spiro atoms. The average Bonchev–Trinajstić information content (AvgIpc) is 2.48. The van der Waals surface area contributed by atoms with Crippen molar-refractivity contribution in [3.05, 3.63) is 30.1 Å². The molecule has 1 saturated heterocycles. The third-order valence-electron chi connectivity index (χ3n) is 4.24. The standard InChI is InChI=1S/C16H24FNO2/c1-2-18-8-6-13(7-9-18)14(11-19)12-20-16-5-3-4-15(17)10-16/h3-5,10,13-14,19H,2,6-9,11-12H2,1H3. The average molecular weight is 281 g/mol. The summed E-state index contributed by atoms with van der Waals surface area (Å²) in [5.41, 5.74) is 0. The first-order valence-electron chi connectivity index (χ1n) is 7.44. The Morgan fingerprint density at radius 1 is 1.40 bits per heavy atom. The molecule has 0 bridgehead atoms. The van der Waals surface area contributed by atoms with E-state index >= 15 is 0 Å². The summed E-state index contributed by atoms with van der Waals surface area (Å²) < 4.78 is 18.7. The van der Waals surface area contributed by atoms with Crippen molar-refractivity contribution in [2.45, 2.75) is 19.8 Å². The lowest BCUT2D eigenvalue weighted by atomic mass is 9.85. The zero-order valence-electron chi connectivity index (χ0n) is 12.1. The summed E-state index contributed by atoms with van der Waals surface area (Å²) in [6, 6.07) is 6.17. The van der Waals surface area contributed by atoms with E-state index in [1.807, 2.05) is 0 Å². The van der Waals surface area contributed by atoms with Gasteiger partial charge in [-0.2, -0.15) is 0 Å². The number of nitrogens with zero attached hydrogens (tertiary/aromatic N) is 1. The molecule has 20 heavy (non-hydrogen) atoms. The molecule has 1 atom stereocenters. The van der Waals surface area contributed by atoms with Crippen molar-refractivity contribution in [3.63, 3.8) is 0 Å². The normalized spacial score (nSPS) is 18.9. The summed E-state index contributed by atoms with van der Waals surface area (Å²) >= 11 is 0. The highest BCUT2D eigenvalue weighted by Crippen LogP contribution is 2.26. The van der Waals surface area contributed by atoms with Crippen LogP contribution in [0.3, 0.4) is 0 Å². The number of hydrogen-bond acceptors (Lipinski definition) is 3. The molecule has 1 aliphatic heterocycles. The van der Waals surface area contributed by atoms with Gasteiger partial charge in [0.2, 0.25) is 0 Å². The summed E-state index contributed by atoms with van der Waals surface area (Å²) in [6.45, 7) is 6.05. The molecule has 1 heterocycles. The maximum absolute atomic E-state index is 13.1. The fraction of sp³-hybridized carbons (Fsp3) is 0.625. The van der Waals surface area contributed by atoms with Crippen molar-refractivity contribution in [2.75, 3.05) is 32.8 Å². The van der Waals surface area contributed by atoms with Crippen LogP contribution < -0.4 is 4.74 Å². The number of ether oxygens (including phenoxy) is 1. The molecule has 1 fully saturated rings. The highest BCUT2D eigenvalue weighted by molar-refractivity contribution is 5.22.